The number of nitrogens with one attached hydrogen (secondary N) is 4. The lowest BCUT2D eigenvalue weighted by atomic mass is 10.0. The van der Waals surface area contributed by atoms with Crippen molar-refractivity contribution in [3.8, 4) is 0 Å². The van der Waals surface area contributed by atoms with Gasteiger partial charge in [0.05, 0.1) is 18.8 Å². The molecule has 15 nitrogen and oxygen atoms in total. The van der Waals surface area contributed by atoms with Crippen molar-refractivity contribution in [3.63, 3.8) is 0 Å². The zero-order valence-corrected chi connectivity index (χ0v) is 20.8. The second-order valence-electron chi connectivity index (χ2n) is 8.70. The van der Waals surface area contributed by atoms with E-state index in [0.29, 0.717) is 5.69 Å². The molecule has 0 saturated heterocycles. The molecule has 0 aliphatic heterocycles. The normalized spacial score (nSPS) is 13.8. The van der Waals surface area contributed by atoms with Gasteiger partial charge in [-0.25, -0.2) is 9.78 Å². The molecule has 1 aromatic heterocycles. The van der Waals surface area contributed by atoms with E-state index in [1.807, 2.05) is 0 Å². The Balaban J connectivity index is 2.13. The van der Waals surface area contributed by atoms with E-state index in [9.17, 15) is 39.0 Å². The minimum absolute atomic E-state index is 0.147. The van der Waals surface area contributed by atoms with Gasteiger partial charge < -0.3 is 42.6 Å². The van der Waals surface area contributed by atoms with Crippen molar-refractivity contribution in [1.29, 1.82) is 0 Å². The van der Waals surface area contributed by atoms with Crippen LogP contribution in [-0.2, 0) is 41.6 Å². The first-order chi connectivity index (χ1) is 18.5. The van der Waals surface area contributed by atoms with Crippen molar-refractivity contribution < 1.29 is 39.0 Å². The van der Waals surface area contributed by atoms with Gasteiger partial charge in [0.25, 0.3) is 0 Å². The van der Waals surface area contributed by atoms with E-state index in [-0.39, 0.29) is 25.7 Å². The van der Waals surface area contributed by atoms with Gasteiger partial charge >= 0.3 is 11.9 Å². The van der Waals surface area contributed by atoms with Crippen molar-refractivity contribution in [3.05, 3.63) is 54.1 Å². The predicted molar refractivity (Wildman–Crippen MR) is 135 cm³/mol. The van der Waals surface area contributed by atoms with E-state index in [2.05, 4.69) is 25.9 Å². The Bertz CT molecular complexity index is 1160. The SMILES string of the molecule is NC(=O)CCC(NC(=O)C(N)Cc1ccccc1)C(=O)NC(CC(=O)O)C(=O)NC(Cc1cnc[nH]1)C(=O)O. The highest BCUT2D eigenvalue weighted by molar-refractivity contribution is 5.95. The van der Waals surface area contributed by atoms with Gasteiger partial charge in [-0.2, -0.15) is 0 Å². The summed E-state index contributed by atoms with van der Waals surface area (Å²) in [6.45, 7) is 0. The molecule has 4 amide bonds. The number of carbonyl (C=O) groups is 6. The van der Waals surface area contributed by atoms with Crippen LogP contribution >= 0.6 is 0 Å². The summed E-state index contributed by atoms with van der Waals surface area (Å²) in [6.07, 6.45) is 1.16. The lowest BCUT2D eigenvalue weighted by Crippen LogP contribution is -2.58. The first kappa shape index (κ1) is 30.4. The Hall–Kier alpha value is -4.79. The molecule has 4 unspecified atom stereocenters. The van der Waals surface area contributed by atoms with Crippen LogP contribution in [0.1, 0.15) is 30.5 Å². The van der Waals surface area contributed by atoms with Crippen LogP contribution in [0, 0.1) is 0 Å². The highest BCUT2D eigenvalue weighted by Crippen LogP contribution is 2.06. The van der Waals surface area contributed by atoms with Gasteiger partial charge in [0.15, 0.2) is 0 Å². The molecule has 0 aliphatic rings. The molecule has 0 saturated carbocycles. The Morgan fingerprint density at radius 2 is 1.49 bits per heavy atom. The van der Waals surface area contributed by atoms with Crippen LogP contribution in [0.15, 0.2) is 42.9 Å². The third-order valence-electron chi connectivity index (χ3n) is 5.55. The van der Waals surface area contributed by atoms with E-state index in [1.54, 1.807) is 30.3 Å². The molecule has 0 bridgehead atoms. The lowest BCUT2D eigenvalue weighted by molar-refractivity contribution is -0.143. The summed E-state index contributed by atoms with van der Waals surface area (Å²) in [5, 5.41) is 25.6. The number of aliphatic carboxylic acids is 2. The third-order valence-corrected chi connectivity index (χ3v) is 5.55. The summed E-state index contributed by atoms with van der Waals surface area (Å²) >= 11 is 0. The van der Waals surface area contributed by atoms with Crippen molar-refractivity contribution in [2.75, 3.05) is 0 Å². The third kappa shape index (κ3) is 10.6. The fraction of sp³-hybridized carbons (Fsp3) is 0.375. The van der Waals surface area contributed by atoms with Crippen molar-refractivity contribution in [1.82, 2.24) is 25.9 Å². The summed E-state index contributed by atoms with van der Waals surface area (Å²) in [4.78, 5) is 79.4. The van der Waals surface area contributed by atoms with Crippen LogP contribution in [-0.4, -0.2) is 79.9 Å². The first-order valence-corrected chi connectivity index (χ1v) is 11.9. The second-order valence-corrected chi connectivity index (χ2v) is 8.70. The summed E-state index contributed by atoms with van der Waals surface area (Å²) in [6, 6.07) is 3.22. The summed E-state index contributed by atoms with van der Waals surface area (Å²) < 4.78 is 0. The van der Waals surface area contributed by atoms with Crippen LogP contribution in [0.2, 0.25) is 0 Å². The molecule has 210 valence electrons. The smallest absolute Gasteiger partial charge is 0.326 e. The number of carboxylic acids is 2. The maximum atomic E-state index is 13.0. The van der Waals surface area contributed by atoms with Crippen LogP contribution in [0.4, 0.5) is 0 Å². The zero-order chi connectivity index (χ0) is 28.9. The molecule has 0 aliphatic carbocycles. The highest BCUT2D eigenvalue weighted by atomic mass is 16.4. The van der Waals surface area contributed by atoms with Crippen molar-refractivity contribution >= 4 is 35.6 Å². The van der Waals surface area contributed by atoms with Gasteiger partial charge in [-0.1, -0.05) is 30.3 Å². The number of primary amides is 1. The molecule has 0 spiro atoms. The Kier molecular flexibility index (Phi) is 11.6. The number of nitrogens with two attached hydrogens (primary N) is 2. The number of aromatic nitrogens is 2. The standard InChI is InChI=1S/C24H31N7O8/c25-15(8-13-4-2-1-3-5-13)21(35)29-16(6-7-19(26)32)22(36)30-17(10-20(33)34)23(37)31-18(24(38)39)9-14-11-27-12-28-14/h1-5,11-12,15-18H,6-10,25H2,(H2,26,32)(H,27,28)(H,29,35)(H,30,36)(H,31,37)(H,33,34)(H,38,39). The number of aromatic amines is 1. The maximum Gasteiger partial charge on any atom is 0.326 e. The van der Waals surface area contributed by atoms with Gasteiger partial charge in [-0.15, -0.1) is 0 Å². The highest BCUT2D eigenvalue weighted by Gasteiger charge is 2.32. The molecule has 1 aromatic carbocycles. The molecular weight excluding hydrogens is 514 g/mol. The Morgan fingerprint density at radius 1 is 0.872 bits per heavy atom. The number of H-pyrrole nitrogens is 1. The van der Waals surface area contributed by atoms with E-state index >= 15 is 0 Å². The number of rotatable bonds is 16. The Morgan fingerprint density at radius 3 is 2.05 bits per heavy atom. The summed E-state index contributed by atoms with van der Waals surface area (Å²) in [5.41, 5.74) is 12.3. The van der Waals surface area contributed by atoms with Gasteiger partial charge in [0.1, 0.15) is 18.1 Å². The van der Waals surface area contributed by atoms with E-state index < -0.39 is 66.2 Å². The molecular formula is C24H31N7O8. The number of nitrogens with zero attached hydrogens (tertiary/aromatic N) is 1. The molecule has 15 heteroatoms. The number of amides is 4. The number of carbonyl (C=O) groups excluding carboxylic acids is 4. The number of carboxylic acid groups (broad SMARTS) is 2. The minimum atomic E-state index is -1.70. The molecule has 0 fully saturated rings. The fourth-order valence-electron chi connectivity index (χ4n) is 3.54. The zero-order valence-electron chi connectivity index (χ0n) is 20.8. The number of hydrogen-bond acceptors (Lipinski definition) is 8. The monoisotopic (exact) mass is 545 g/mol. The number of benzene rings is 1. The molecule has 4 atom stereocenters. The number of hydrogen-bond donors (Lipinski definition) is 8. The van der Waals surface area contributed by atoms with Gasteiger partial charge in [-0.3, -0.25) is 24.0 Å². The van der Waals surface area contributed by atoms with E-state index in [1.165, 1.54) is 12.5 Å². The molecule has 1 heterocycles. The van der Waals surface area contributed by atoms with Crippen molar-refractivity contribution in [2.24, 2.45) is 11.5 Å². The fourth-order valence-corrected chi connectivity index (χ4v) is 3.54. The Labute approximate surface area is 222 Å². The molecule has 39 heavy (non-hydrogen) atoms. The quantitative estimate of drug-likeness (QED) is 0.113. The molecule has 10 N–H and O–H groups in total. The number of imidazole rings is 1. The molecule has 2 rings (SSSR count). The van der Waals surface area contributed by atoms with Gasteiger partial charge in [0, 0.05) is 24.7 Å². The average molecular weight is 546 g/mol. The summed E-state index contributed by atoms with van der Waals surface area (Å²) in [7, 11) is 0. The summed E-state index contributed by atoms with van der Waals surface area (Å²) in [5.74, 6) is -6.43. The van der Waals surface area contributed by atoms with E-state index in [4.69, 9.17) is 11.5 Å². The van der Waals surface area contributed by atoms with Crippen molar-refractivity contribution in [2.45, 2.75) is 56.3 Å². The lowest BCUT2D eigenvalue weighted by Gasteiger charge is -2.24. The van der Waals surface area contributed by atoms with Crippen LogP contribution in [0.5, 0.6) is 0 Å². The maximum absolute atomic E-state index is 13.0. The first-order valence-electron chi connectivity index (χ1n) is 11.9. The van der Waals surface area contributed by atoms with Crippen LogP contribution in [0.25, 0.3) is 0 Å². The largest absolute Gasteiger partial charge is 0.481 e. The van der Waals surface area contributed by atoms with E-state index in [0.717, 1.165) is 5.56 Å². The van der Waals surface area contributed by atoms with Crippen LogP contribution < -0.4 is 27.4 Å². The topological polar surface area (TPSA) is 260 Å². The predicted octanol–water partition coefficient (Wildman–Crippen LogP) is -2.20. The molecule has 2 aromatic rings. The molecule has 0 radical (unpaired) electrons. The van der Waals surface area contributed by atoms with Gasteiger partial charge in [-0.05, 0) is 18.4 Å². The van der Waals surface area contributed by atoms with Gasteiger partial charge in [0.2, 0.25) is 23.6 Å². The van der Waals surface area contributed by atoms with Crippen LogP contribution in [0.3, 0.4) is 0 Å². The second kappa shape index (κ2) is 14.8. The average Bonchev–Trinajstić information content (AvgIpc) is 3.38. The minimum Gasteiger partial charge on any atom is -0.481 e.